The van der Waals surface area contributed by atoms with Crippen molar-refractivity contribution in [2.75, 3.05) is 0 Å². The minimum absolute atomic E-state index is 0.590. The van der Waals surface area contributed by atoms with E-state index in [1.807, 2.05) is 97.1 Å². The van der Waals surface area contributed by atoms with Crippen LogP contribution in [0.15, 0.2) is 120 Å². The van der Waals surface area contributed by atoms with Crippen LogP contribution in [0.1, 0.15) is 22.3 Å². The Hall–Kier alpha value is -4.35. The lowest BCUT2D eigenvalue weighted by atomic mass is 9.99. The zero-order chi connectivity index (χ0) is 20.9. The van der Waals surface area contributed by atoms with Gasteiger partial charge < -0.3 is 4.74 Å². The third kappa shape index (κ3) is 4.03. The van der Waals surface area contributed by atoms with Gasteiger partial charge in [-0.25, -0.2) is 4.99 Å². The lowest BCUT2D eigenvalue weighted by Crippen LogP contribution is -1.96. The van der Waals surface area contributed by atoms with Gasteiger partial charge >= 0.3 is 0 Å². The van der Waals surface area contributed by atoms with Crippen LogP contribution in [0.2, 0.25) is 0 Å². The quantitative estimate of drug-likeness (QED) is 0.344. The minimum Gasteiger partial charge on any atom is -0.436 e. The van der Waals surface area contributed by atoms with Crippen LogP contribution in [-0.2, 0) is 4.74 Å². The Balaban J connectivity index is 1.69. The van der Waals surface area contributed by atoms with Gasteiger partial charge in [0, 0.05) is 16.7 Å². The predicted molar refractivity (Wildman–Crippen MR) is 127 cm³/mol. The first-order valence-corrected chi connectivity index (χ1v) is 10.2. The summed E-state index contributed by atoms with van der Waals surface area (Å²) in [5, 5.41) is 0. The molecule has 0 atom stereocenters. The molecule has 1 aliphatic heterocycles. The van der Waals surface area contributed by atoms with Gasteiger partial charge in [-0.1, -0.05) is 96.8 Å². The topological polar surface area (TPSA) is 21.6 Å². The molecule has 146 valence electrons. The molecule has 4 aromatic carbocycles. The Bertz CT molecular complexity index is 1330. The van der Waals surface area contributed by atoms with Crippen LogP contribution in [0, 0.1) is 11.8 Å². The van der Waals surface area contributed by atoms with Crippen LogP contribution in [0.25, 0.3) is 11.3 Å². The highest BCUT2D eigenvalue weighted by Gasteiger charge is 2.27. The van der Waals surface area contributed by atoms with Gasteiger partial charge in [-0.15, -0.1) is 0 Å². The smallest absolute Gasteiger partial charge is 0.227 e. The first kappa shape index (κ1) is 18.7. The highest BCUT2D eigenvalue weighted by Crippen LogP contribution is 2.36. The molecule has 0 saturated heterocycles. The van der Waals surface area contributed by atoms with Crippen molar-refractivity contribution in [1.29, 1.82) is 0 Å². The molecule has 0 N–H and O–H groups in total. The van der Waals surface area contributed by atoms with Crippen molar-refractivity contribution in [1.82, 2.24) is 0 Å². The number of rotatable bonds is 2. The standard InChI is InChI=1S/C29H19NO/c1-4-12-22(13-5-1)20-21-25(23-14-6-2-7-15-23)28-26-18-10-11-19-27(26)29(31-28)30-24-16-8-3-9-17-24/h1-19H/b28-25-,30-29?. The molecule has 0 saturated carbocycles. The van der Waals surface area contributed by atoms with Crippen molar-refractivity contribution in [2.24, 2.45) is 4.99 Å². The fraction of sp³-hybridized carbons (Fsp3) is 0. The van der Waals surface area contributed by atoms with Crippen LogP contribution >= 0.6 is 0 Å². The zero-order valence-electron chi connectivity index (χ0n) is 16.8. The van der Waals surface area contributed by atoms with Crippen molar-refractivity contribution in [2.45, 2.75) is 0 Å². The fourth-order valence-corrected chi connectivity index (χ4v) is 3.48. The third-order valence-electron chi connectivity index (χ3n) is 4.98. The van der Waals surface area contributed by atoms with E-state index in [0.717, 1.165) is 39.3 Å². The molecular weight excluding hydrogens is 378 g/mol. The Morgan fingerprint density at radius 1 is 0.613 bits per heavy atom. The van der Waals surface area contributed by atoms with Gasteiger partial charge in [-0.3, -0.25) is 0 Å². The summed E-state index contributed by atoms with van der Waals surface area (Å²) in [4.78, 5) is 4.76. The van der Waals surface area contributed by atoms with Gasteiger partial charge in [0.2, 0.25) is 5.90 Å². The van der Waals surface area contributed by atoms with E-state index in [-0.39, 0.29) is 0 Å². The van der Waals surface area contributed by atoms with Crippen LogP contribution < -0.4 is 0 Å². The second kappa shape index (κ2) is 8.57. The Kier molecular flexibility index (Phi) is 5.16. The molecular formula is C29H19NO. The molecule has 31 heavy (non-hydrogen) atoms. The van der Waals surface area contributed by atoms with Crippen LogP contribution in [-0.4, -0.2) is 5.90 Å². The highest BCUT2D eigenvalue weighted by molar-refractivity contribution is 6.13. The largest absolute Gasteiger partial charge is 0.436 e. The average molecular weight is 397 g/mol. The van der Waals surface area contributed by atoms with E-state index in [2.05, 4.69) is 30.0 Å². The predicted octanol–water partition coefficient (Wildman–Crippen LogP) is 6.72. The van der Waals surface area contributed by atoms with Gasteiger partial charge in [-0.2, -0.15) is 0 Å². The number of para-hydroxylation sites is 1. The van der Waals surface area contributed by atoms with Crippen molar-refractivity contribution < 1.29 is 4.74 Å². The summed E-state index contributed by atoms with van der Waals surface area (Å²) < 4.78 is 6.37. The molecule has 1 heterocycles. The average Bonchev–Trinajstić information content (AvgIpc) is 3.19. The van der Waals surface area contributed by atoms with Gasteiger partial charge in [0.25, 0.3) is 0 Å². The number of hydrogen-bond acceptors (Lipinski definition) is 2. The van der Waals surface area contributed by atoms with Crippen molar-refractivity contribution in [3.8, 4) is 11.8 Å². The summed E-state index contributed by atoms with van der Waals surface area (Å²) in [6.45, 7) is 0. The zero-order valence-corrected chi connectivity index (χ0v) is 16.8. The number of aliphatic imine (C=N–C) groups is 1. The molecule has 0 radical (unpaired) electrons. The van der Waals surface area contributed by atoms with E-state index in [4.69, 9.17) is 9.73 Å². The number of benzene rings is 4. The summed E-state index contributed by atoms with van der Waals surface area (Å²) in [6.07, 6.45) is 0. The van der Waals surface area contributed by atoms with E-state index < -0.39 is 0 Å². The molecule has 1 aliphatic rings. The van der Waals surface area contributed by atoms with E-state index >= 15 is 0 Å². The maximum absolute atomic E-state index is 6.37. The van der Waals surface area contributed by atoms with Gasteiger partial charge in [0.1, 0.15) is 0 Å². The Morgan fingerprint density at radius 2 is 1.19 bits per heavy atom. The minimum atomic E-state index is 0.590. The molecule has 4 aromatic rings. The number of ether oxygens (including phenoxy) is 1. The first-order valence-electron chi connectivity index (χ1n) is 10.2. The van der Waals surface area contributed by atoms with E-state index in [1.165, 1.54) is 0 Å². The van der Waals surface area contributed by atoms with Crippen molar-refractivity contribution >= 4 is 22.9 Å². The molecule has 5 rings (SSSR count). The first-order chi connectivity index (χ1) is 15.4. The molecule has 0 unspecified atom stereocenters. The normalized spacial score (nSPS) is 14.9. The number of hydrogen-bond donors (Lipinski definition) is 0. The Morgan fingerprint density at radius 3 is 1.90 bits per heavy atom. The second-order valence-electron chi connectivity index (χ2n) is 7.09. The summed E-state index contributed by atoms with van der Waals surface area (Å²) in [6, 6.07) is 38.1. The summed E-state index contributed by atoms with van der Waals surface area (Å²) in [7, 11) is 0. The summed E-state index contributed by atoms with van der Waals surface area (Å²) in [5.41, 5.74) is 5.63. The molecule has 0 bridgehead atoms. The lowest BCUT2D eigenvalue weighted by Gasteiger charge is -2.06. The number of nitrogens with zero attached hydrogens (tertiary/aromatic N) is 1. The van der Waals surface area contributed by atoms with E-state index in [9.17, 15) is 0 Å². The SMILES string of the molecule is C(#Cc1ccccc1)/C(=C1/OC(=Nc2ccccc2)c2ccccc21)c1ccccc1. The molecule has 0 spiro atoms. The molecule has 2 nitrogen and oxygen atoms in total. The summed E-state index contributed by atoms with van der Waals surface area (Å²) >= 11 is 0. The van der Waals surface area contributed by atoms with E-state index in [1.54, 1.807) is 0 Å². The van der Waals surface area contributed by atoms with Gasteiger partial charge in [0.05, 0.1) is 11.3 Å². The van der Waals surface area contributed by atoms with Crippen LogP contribution in [0.4, 0.5) is 5.69 Å². The molecule has 0 amide bonds. The second-order valence-corrected chi connectivity index (χ2v) is 7.09. The highest BCUT2D eigenvalue weighted by atomic mass is 16.5. The van der Waals surface area contributed by atoms with E-state index in [0.29, 0.717) is 5.90 Å². The lowest BCUT2D eigenvalue weighted by molar-refractivity contribution is 0.527. The molecule has 0 fully saturated rings. The Labute approximate surface area is 182 Å². The van der Waals surface area contributed by atoms with Crippen LogP contribution in [0.5, 0.6) is 0 Å². The van der Waals surface area contributed by atoms with Crippen molar-refractivity contribution in [3.05, 3.63) is 138 Å². The molecule has 0 aliphatic carbocycles. The van der Waals surface area contributed by atoms with Gasteiger partial charge in [0.15, 0.2) is 5.76 Å². The molecule has 0 aromatic heterocycles. The summed E-state index contributed by atoms with van der Waals surface area (Å²) in [5.74, 6) is 7.98. The number of fused-ring (bicyclic) bond motifs is 1. The third-order valence-corrected chi connectivity index (χ3v) is 4.98. The maximum atomic E-state index is 6.37. The van der Waals surface area contributed by atoms with Gasteiger partial charge in [-0.05, 0) is 35.9 Å². The molecule has 2 heteroatoms. The van der Waals surface area contributed by atoms with Crippen LogP contribution in [0.3, 0.4) is 0 Å². The number of allylic oxidation sites excluding steroid dienone is 1. The van der Waals surface area contributed by atoms with Crippen molar-refractivity contribution in [3.63, 3.8) is 0 Å². The fourth-order valence-electron chi connectivity index (χ4n) is 3.48. The monoisotopic (exact) mass is 397 g/mol. The maximum Gasteiger partial charge on any atom is 0.227 e.